The topological polar surface area (TPSA) is 175 Å². The Bertz CT molecular complexity index is 2030. The van der Waals surface area contributed by atoms with Crippen molar-refractivity contribution >= 4 is 40.4 Å². The zero-order valence-corrected chi connectivity index (χ0v) is 32.8. The molecule has 55 heavy (non-hydrogen) atoms. The molecule has 0 spiro atoms. The molecule has 2 fully saturated rings. The number of aromatic hydroxyl groups is 1. The average molecular weight is 772 g/mol. The van der Waals surface area contributed by atoms with Crippen LogP contribution in [0, 0.1) is 30.0 Å². The molecule has 2 amide bonds. The fraction of sp³-hybridized carbons (Fsp3) is 0.463. The van der Waals surface area contributed by atoms with Gasteiger partial charge in [0.2, 0.25) is 11.8 Å². The second-order valence-electron chi connectivity index (χ2n) is 16.0. The highest BCUT2D eigenvalue weighted by Gasteiger charge is 2.45. The number of amides is 2. The Morgan fingerprint density at radius 3 is 2.44 bits per heavy atom. The number of β-amino-alcohol motifs (C(OH)–C–C–N with tert-alkyl or cyclic N) is 1. The van der Waals surface area contributed by atoms with E-state index in [0.29, 0.717) is 43.7 Å². The molecule has 292 valence electrons. The average Bonchev–Trinajstić information content (AvgIpc) is 3.76. The lowest BCUT2D eigenvalue weighted by molar-refractivity contribution is -0.146. The van der Waals surface area contributed by atoms with Crippen LogP contribution in [0.4, 0.5) is 15.9 Å². The van der Waals surface area contributed by atoms with Gasteiger partial charge in [0.15, 0.2) is 5.82 Å². The number of ketones is 1. The number of hydrogen-bond donors (Lipinski definition) is 4. The van der Waals surface area contributed by atoms with Gasteiger partial charge in [0.1, 0.15) is 23.4 Å². The van der Waals surface area contributed by atoms with Crippen molar-refractivity contribution in [3.05, 3.63) is 71.1 Å². The number of anilines is 2. The predicted octanol–water partition coefficient (Wildman–Crippen LogP) is 6.07. The van der Waals surface area contributed by atoms with Crippen molar-refractivity contribution < 1.29 is 29.0 Å². The van der Waals surface area contributed by atoms with Crippen LogP contribution in [0.2, 0.25) is 0 Å². The standard InChI is InChI=1S/C41H50FN7O5S/c1-23(26-6-8-27(9-7-26)37-24(2)44-22-55-37)45-39(53)35-19-30(51)21-49(35)40(54)32(41(3,4)5)18-29(50)16-25-12-14-48(15-13-25)34-20-33(46-47-38(34)43)31-17-28(42)10-11-36(31)52/h6-11,17,20,22-23,25,30,32,35,51-52H,12-16,18-19,21H2,1-5H3,(H2,43,47)(H,45,53)/t23-,30+,32+,35-/m0/s1. The number of phenols is 1. The number of carbonyl (C=O) groups is 3. The second-order valence-corrected chi connectivity index (χ2v) is 16.8. The first-order chi connectivity index (χ1) is 26.1. The monoisotopic (exact) mass is 771 g/mol. The Kier molecular flexibility index (Phi) is 11.9. The fourth-order valence-corrected chi connectivity index (χ4v) is 8.48. The Morgan fingerprint density at radius 2 is 1.78 bits per heavy atom. The number of Topliss-reactive ketones (excluding diaryl/α,β-unsaturated/α-hetero) is 1. The van der Waals surface area contributed by atoms with Gasteiger partial charge in [0.05, 0.1) is 39.6 Å². The summed E-state index contributed by atoms with van der Waals surface area (Å²) in [5, 5.41) is 32.1. The van der Waals surface area contributed by atoms with Gasteiger partial charge >= 0.3 is 0 Å². The first-order valence-corrected chi connectivity index (χ1v) is 19.6. The van der Waals surface area contributed by atoms with Crippen molar-refractivity contribution in [1.29, 1.82) is 0 Å². The van der Waals surface area contributed by atoms with Gasteiger partial charge in [-0.1, -0.05) is 45.0 Å². The van der Waals surface area contributed by atoms with Gasteiger partial charge in [-0.05, 0) is 73.4 Å². The molecule has 0 bridgehead atoms. The van der Waals surface area contributed by atoms with Gasteiger partial charge in [-0.15, -0.1) is 21.5 Å². The van der Waals surface area contributed by atoms with Gasteiger partial charge in [-0.3, -0.25) is 14.4 Å². The molecular weight excluding hydrogens is 722 g/mol. The molecule has 2 aromatic heterocycles. The van der Waals surface area contributed by atoms with Gasteiger partial charge in [-0.2, -0.15) is 0 Å². The summed E-state index contributed by atoms with van der Waals surface area (Å²) in [6.45, 7) is 10.9. The van der Waals surface area contributed by atoms with Gasteiger partial charge < -0.3 is 31.1 Å². The number of phenolic OH excluding ortho intramolecular Hbond substituents is 1. The Balaban J connectivity index is 1.06. The van der Waals surface area contributed by atoms with E-state index in [1.165, 1.54) is 17.0 Å². The molecule has 4 aromatic rings. The minimum Gasteiger partial charge on any atom is -0.507 e. The molecular formula is C41H50FN7O5S. The van der Waals surface area contributed by atoms with Gasteiger partial charge in [-0.25, -0.2) is 9.37 Å². The molecule has 4 heterocycles. The summed E-state index contributed by atoms with van der Waals surface area (Å²) in [5.74, 6) is -1.66. The first kappa shape index (κ1) is 39.7. The number of piperidine rings is 1. The number of aryl methyl sites for hydroxylation is 1. The van der Waals surface area contributed by atoms with Crippen molar-refractivity contribution in [3.8, 4) is 27.4 Å². The lowest BCUT2D eigenvalue weighted by Crippen LogP contribution is -2.50. The van der Waals surface area contributed by atoms with E-state index in [1.807, 2.05) is 64.4 Å². The van der Waals surface area contributed by atoms with E-state index < -0.39 is 29.3 Å². The van der Waals surface area contributed by atoms with Crippen LogP contribution < -0.4 is 16.0 Å². The molecule has 0 radical (unpaired) electrons. The smallest absolute Gasteiger partial charge is 0.243 e. The number of thiazole rings is 1. The van der Waals surface area contributed by atoms with E-state index in [-0.39, 0.29) is 66.1 Å². The van der Waals surface area contributed by atoms with Crippen LogP contribution in [-0.4, -0.2) is 79.7 Å². The highest BCUT2D eigenvalue weighted by atomic mass is 32.1. The van der Waals surface area contributed by atoms with E-state index in [1.54, 1.807) is 17.4 Å². The number of rotatable bonds is 11. The Labute approximate surface area is 325 Å². The fourth-order valence-electron chi connectivity index (χ4n) is 7.67. The lowest BCUT2D eigenvalue weighted by Gasteiger charge is -2.36. The number of hydrogen-bond acceptors (Lipinski definition) is 11. The summed E-state index contributed by atoms with van der Waals surface area (Å²) in [5.41, 5.74) is 11.5. The highest BCUT2D eigenvalue weighted by molar-refractivity contribution is 7.13. The molecule has 5 N–H and O–H groups in total. The normalized spacial score (nSPS) is 19.0. The summed E-state index contributed by atoms with van der Waals surface area (Å²) in [4.78, 5) is 50.5. The number of halogens is 1. The van der Waals surface area contributed by atoms with E-state index in [0.717, 1.165) is 27.8 Å². The number of nitrogens with zero attached hydrogens (tertiary/aromatic N) is 5. The number of likely N-dealkylation sites (tertiary alicyclic amines) is 1. The van der Waals surface area contributed by atoms with Crippen LogP contribution in [0.5, 0.6) is 5.75 Å². The van der Waals surface area contributed by atoms with E-state index >= 15 is 0 Å². The molecule has 2 aliphatic heterocycles. The number of nitrogen functional groups attached to an aromatic ring is 1. The largest absolute Gasteiger partial charge is 0.507 e. The Morgan fingerprint density at radius 1 is 1.07 bits per heavy atom. The number of nitrogens with one attached hydrogen (secondary N) is 1. The van der Waals surface area contributed by atoms with Crippen molar-refractivity contribution in [2.24, 2.45) is 17.3 Å². The van der Waals surface area contributed by atoms with Crippen LogP contribution in [0.15, 0.2) is 54.0 Å². The first-order valence-electron chi connectivity index (χ1n) is 18.8. The van der Waals surface area contributed by atoms with Gasteiger partial charge in [0, 0.05) is 50.4 Å². The SMILES string of the molecule is Cc1ncsc1-c1ccc([C@H](C)NC(=O)[C@@H]2C[C@@H](O)CN2C(=O)[C@@H](CC(=O)CC2CCN(c3cc(-c4cc(F)ccc4O)nnc3N)CC2)C(C)(C)C)cc1. The third-order valence-corrected chi connectivity index (χ3v) is 11.9. The predicted molar refractivity (Wildman–Crippen MR) is 211 cm³/mol. The van der Waals surface area contributed by atoms with E-state index in [2.05, 4.69) is 25.4 Å². The summed E-state index contributed by atoms with van der Waals surface area (Å²) in [7, 11) is 0. The summed E-state index contributed by atoms with van der Waals surface area (Å²) < 4.78 is 13.9. The number of aliphatic hydroxyl groups excluding tert-OH is 1. The summed E-state index contributed by atoms with van der Waals surface area (Å²) in [6.07, 6.45) is 1.03. The number of benzene rings is 2. The van der Waals surface area contributed by atoms with Crippen molar-refractivity contribution in [1.82, 2.24) is 25.4 Å². The third kappa shape index (κ3) is 9.13. The zero-order valence-electron chi connectivity index (χ0n) is 32.0. The lowest BCUT2D eigenvalue weighted by atomic mass is 9.75. The quantitative estimate of drug-likeness (QED) is 0.140. The molecule has 0 aliphatic carbocycles. The molecule has 12 nitrogen and oxygen atoms in total. The van der Waals surface area contributed by atoms with Crippen LogP contribution in [0.1, 0.15) is 77.1 Å². The van der Waals surface area contributed by atoms with Crippen molar-refractivity contribution in [2.45, 2.75) is 84.9 Å². The molecule has 0 saturated carbocycles. The molecule has 6 rings (SSSR count). The van der Waals surface area contributed by atoms with Crippen LogP contribution >= 0.6 is 11.3 Å². The molecule has 2 saturated heterocycles. The molecule has 2 aromatic carbocycles. The van der Waals surface area contributed by atoms with E-state index in [9.17, 15) is 29.0 Å². The maximum absolute atomic E-state index is 14.2. The molecule has 0 unspecified atom stereocenters. The minimum absolute atomic E-state index is 0.0213. The van der Waals surface area contributed by atoms with Crippen molar-refractivity contribution in [3.63, 3.8) is 0 Å². The zero-order chi connectivity index (χ0) is 39.6. The Hall–Kier alpha value is -4.95. The maximum Gasteiger partial charge on any atom is 0.243 e. The number of aromatic nitrogens is 3. The highest BCUT2D eigenvalue weighted by Crippen LogP contribution is 2.37. The van der Waals surface area contributed by atoms with Crippen LogP contribution in [0.25, 0.3) is 21.7 Å². The van der Waals surface area contributed by atoms with Crippen LogP contribution in [0.3, 0.4) is 0 Å². The number of carbonyl (C=O) groups excluding carboxylic acids is 3. The second kappa shape index (κ2) is 16.4. The van der Waals surface area contributed by atoms with Crippen LogP contribution in [-0.2, 0) is 14.4 Å². The minimum atomic E-state index is -0.853. The number of nitrogens with two attached hydrogens (primary N) is 1. The third-order valence-electron chi connectivity index (χ3n) is 10.9. The number of aliphatic hydroxyl groups is 1. The van der Waals surface area contributed by atoms with Gasteiger partial charge in [0.25, 0.3) is 0 Å². The molecule has 14 heteroatoms. The van der Waals surface area contributed by atoms with E-state index in [4.69, 9.17) is 5.73 Å². The maximum atomic E-state index is 14.2. The molecule has 2 aliphatic rings. The van der Waals surface area contributed by atoms with Crippen molar-refractivity contribution in [2.75, 3.05) is 30.3 Å². The summed E-state index contributed by atoms with van der Waals surface area (Å²) in [6, 6.07) is 12.1. The summed E-state index contributed by atoms with van der Waals surface area (Å²) >= 11 is 1.58. The molecule has 4 atom stereocenters.